The molecule has 1 N–H and O–H groups in total. The molecule has 152 valence electrons. The van der Waals surface area contributed by atoms with Crippen molar-refractivity contribution in [3.8, 4) is 23.4 Å². The standard InChI is InChI=1S/C23H20ClN3O3/c1-15-13-19(29-21-16(14-25)5-4-12-26-21)10-11-20(15)27-22(28)23(2,3)30-18-8-6-17(24)7-9-18/h4-13H,1-3H3,(H,27,28). The Bertz CT molecular complexity index is 1110. The van der Waals surface area contributed by atoms with Gasteiger partial charge in [0.15, 0.2) is 5.60 Å². The molecule has 3 rings (SSSR count). The van der Waals surface area contributed by atoms with Crippen LogP contribution < -0.4 is 14.8 Å². The van der Waals surface area contributed by atoms with Gasteiger partial charge in [-0.2, -0.15) is 5.26 Å². The summed E-state index contributed by atoms with van der Waals surface area (Å²) >= 11 is 5.89. The number of aromatic nitrogens is 1. The van der Waals surface area contributed by atoms with E-state index in [2.05, 4.69) is 10.3 Å². The second kappa shape index (κ2) is 8.85. The van der Waals surface area contributed by atoms with Gasteiger partial charge in [0.2, 0.25) is 5.88 Å². The summed E-state index contributed by atoms with van der Waals surface area (Å²) in [5, 5.41) is 12.6. The molecule has 0 aliphatic carbocycles. The Morgan fingerprint density at radius 3 is 2.50 bits per heavy atom. The maximum absolute atomic E-state index is 12.8. The van der Waals surface area contributed by atoms with Crippen molar-refractivity contribution in [1.29, 1.82) is 5.26 Å². The van der Waals surface area contributed by atoms with E-state index in [4.69, 9.17) is 26.3 Å². The van der Waals surface area contributed by atoms with Gasteiger partial charge in [-0.3, -0.25) is 4.79 Å². The maximum Gasteiger partial charge on any atom is 0.267 e. The molecule has 0 radical (unpaired) electrons. The van der Waals surface area contributed by atoms with Crippen molar-refractivity contribution in [2.24, 2.45) is 0 Å². The van der Waals surface area contributed by atoms with Crippen molar-refractivity contribution in [3.63, 3.8) is 0 Å². The minimum Gasteiger partial charge on any atom is -0.478 e. The number of hydrogen-bond acceptors (Lipinski definition) is 5. The number of carbonyl (C=O) groups is 1. The third kappa shape index (κ3) is 5.07. The Kier molecular flexibility index (Phi) is 6.24. The lowest BCUT2D eigenvalue weighted by Crippen LogP contribution is -2.42. The normalized spacial score (nSPS) is 10.8. The number of carbonyl (C=O) groups excluding carboxylic acids is 1. The Labute approximate surface area is 180 Å². The van der Waals surface area contributed by atoms with E-state index in [-0.39, 0.29) is 11.8 Å². The summed E-state index contributed by atoms with van der Waals surface area (Å²) in [6.07, 6.45) is 1.56. The third-order valence-corrected chi connectivity index (χ3v) is 4.54. The number of amides is 1. The van der Waals surface area contributed by atoms with Crippen LogP contribution >= 0.6 is 11.6 Å². The van der Waals surface area contributed by atoms with Crippen molar-refractivity contribution in [3.05, 3.63) is 76.9 Å². The average Bonchev–Trinajstić information content (AvgIpc) is 2.72. The summed E-state index contributed by atoms with van der Waals surface area (Å²) in [5.74, 6) is 0.987. The number of nitrogens with zero attached hydrogens (tertiary/aromatic N) is 2. The summed E-state index contributed by atoms with van der Waals surface area (Å²) in [7, 11) is 0. The van der Waals surface area contributed by atoms with Crippen LogP contribution in [0.2, 0.25) is 5.02 Å². The first-order valence-corrected chi connectivity index (χ1v) is 9.56. The van der Waals surface area contributed by atoms with Gasteiger partial charge in [-0.25, -0.2) is 4.98 Å². The molecule has 1 aromatic heterocycles. The van der Waals surface area contributed by atoms with E-state index in [0.29, 0.717) is 27.8 Å². The van der Waals surface area contributed by atoms with Crippen molar-refractivity contribution < 1.29 is 14.3 Å². The molecule has 6 nitrogen and oxygen atoms in total. The minimum atomic E-state index is -1.11. The zero-order valence-electron chi connectivity index (χ0n) is 16.8. The minimum absolute atomic E-state index is 0.230. The van der Waals surface area contributed by atoms with E-state index in [0.717, 1.165) is 5.56 Å². The molecule has 1 heterocycles. The predicted octanol–water partition coefficient (Wildman–Crippen LogP) is 5.50. The smallest absolute Gasteiger partial charge is 0.267 e. The Morgan fingerprint density at radius 1 is 1.13 bits per heavy atom. The van der Waals surface area contributed by atoms with Crippen molar-refractivity contribution in [2.45, 2.75) is 26.4 Å². The molecule has 0 unspecified atom stereocenters. The highest BCUT2D eigenvalue weighted by Crippen LogP contribution is 2.28. The first kappa shape index (κ1) is 21.2. The highest BCUT2D eigenvalue weighted by molar-refractivity contribution is 6.30. The van der Waals surface area contributed by atoms with Gasteiger partial charge >= 0.3 is 0 Å². The van der Waals surface area contributed by atoms with Crippen molar-refractivity contribution >= 4 is 23.2 Å². The number of hydrogen-bond donors (Lipinski definition) is 1. The van der Waals surface area contributed by atoms with Crippen LogP contribution in [0.5, 0.6) is 17.4 Å². The molecule has 0 saturated carbocycles. The zero-order valence-corrected chi connectivity index (χ0v) is 17.5. The van der Waals surface area contributed by atoms with Crippen molar-refractivity contribution in [2.75, 3.05) is 5.32 Å². The van der Waals surface area contributed by atoms with E-state index in [9.17, 15) is 4.79 Å². The fraction of sp³-hybridized carbons (Fsp3) is 0.174. The average molecular weight is 422 g/mol. The second-order valence-electron chi connectivity index (χ2n) is 7.07. The molecule has 0 saturated heterocycles. The first-order valence-electron chi connectivity index (χ1n) is 9.18. The molecule has 1 amide bonds. The molecule has 30 heavy (non-hydrogen) atoms. The maximum atomic E-state index is 12.8. The SMILES string of the molecule is Cc1cc(Oc2ncccc2C#N)ccc1NC(=O)C(C)(C)Oc1ccc(Cl)cc1. The molecular formula is C23H20ClN3O3. The summed E-state index contributed by atoms with van der Waals surface area (Å²) in [4.78, 5) is 16.9. The first-order chi connectivity index (χ1) is 14.3. The van der Waals surface area contributed by atoms with Crippen LogP contribution in [-0.4, -0.2) is 16.5 Å². The lowest BCUT2D eigenvalue weighted by Gasteiger charge is -2.26. The highest BCUT2D eigenvalue weighted by atomic mass is 35.5. The van der Waals surface area contributed by atoms with E-state index < -0.39 is 5.60 Å². The number of nitrogens with one attached hydrogen (secondary N) is 1. The van der Waals surface area contributed by atoms with Crippen LogP contribution in [0.4, 0.5) is 5.69 Å². The van der Waals surface area contributed by atoms with Crippen LogP contribution in [0.25, 0.3) is 0 Å². The van der Waals surface area contributed by atoms with Gasteiger partial charge in [0.1, 0.15) is 23.1 Å². The fourth-order valence-electron chi connectivity index (χ4n) is 2.63. The number of aryl methyl sites for hydroxylation is 1. The molecule has 2 aromatic carbocycles. The molecule has 7 heteroatoms. The van der Waals surface area contributed by atoms with Gasteiger partial charge in [-0.05, 0) is 80.9 Å². The lowest BCUT2D eigenvalue weighted by molar-refractivity contribution is -0.128. The van der Waals surface area contributed by atoms with E-state index in [1.807, 2.05) is 13.0 Å². The monoisotopic (exact) mass is 421 g/mol. The van der Waals surface area contributed by atoms with Gasteiger partial charge in [0.25, 0.3) is 5.91 Å². The summed E-state index contributed by atoms with van der Waals surface area (Å²) < 4.78 is 11.5. The Morgan fingerprint density at radius 2 is 1.83 bits per heavy atom. The Balaban J connectivity index is 1.71. The molecule has 0 atom stereocenters. The van der Waals surface area contributed by atoms with E-state index >= 15 is 0 Å². The molecule has 0 aliphatic heterocycles. The topological polar surface area (TPSA) is 84.2 Å². The van der Waals surface area contributed by atoms with Crippen LogP contribution in [0.3, 0.4) is 0 Å². The van der Waals surface area contributed by atoms with Crippen molar-refractivity contribution in [1.82, 2.24) is 4.98 Å². The van der Waals surface area contributed by atoms with Gasteiger partial charge in [0, 0.05) is 16.9 Å². The number of pyridine rings is 1. The van der Waals surface area contributed by atoms with Gasteiger partial charge in [-0.15, -0.1) is 0 Å². The summed E-state index contributed by atoms with van der Waals surface area (Å²) in [6, 6.07) is 17.4. The van der Waals surface area contributed by atoms with Gasteiger partial charge in [0.05, 0.1) is 0 Å². The Hall–Kier alpha value is -3.56. The number of anilines is 1. The molecule has 0 spiro atoms. The van der Waals surface area contributed by atoms with Crippen LogP contribution in [-0.2, 0) is 4.79 Å². The number of benzene rings is 2. The summed E-state index contributed by atoms with van der Waals surface area (Å²) in [5.41, 5.74) is 0.651. The van der Waals surface area contributed by atoms with Crippen LogP contribution in [0, 0.1) is 18.3 Å². The number of halogens is 1. The zero-order chi connectivity index (χ0) is 21.7. The molecular weight excluding hydrogens is 402 g/mol. The largest absolute Gasteiger partial charge is 0.478 e. The molecule has 0 aliphatic rings. The predicted molar refractivity (Wildman–Crippen MR) is 115 cm³/mol. The summed E-state index contributed by atoms with van der Waals surface area (Å²) in [6.45, 7) is 5.22. The van der Waals surface area contributed by atoms with E-state index in [1.165, 1.54) is 0 Å². The van der Waals surface area contributed by atoms with E-state index in [1.54, 1.807) is 74.6 Å². The lowest BCUT2D eigenvalue weighted by atomic mass is 10.1. The second-order valence-corrected chi connectivity index (χ2v) is 7.50. The third-order valence-electron chi connectivity index (χ3n) is 4.29. The fourth-order valence-corrected chi connectivity index (χ4v) is 2.75. The van der Waals surface area contributed by atoms with Gasteiger partial charge < -0.3 is 14.8 Å². The molecule has 3 aromatic rings. The van der Waals surface area contributed by atoms with Gasteiger partial charge in [-0.1, -0.05) is 11.6 Å². The quantitative estimate of drug-likeness (QED) is 0.567. The number of ether oxygens (including phenoxy) is 2. The number of rotatable bonds is 6. The van der Waals surface area contributed by atoms with Crippen LogP contribution in [0.15, 0.2) is 60.8 Å². The highest BCUT2D eigenvalue weighted by Gasteiger charge is 2.30. The van der Waals surface area contributed by atoms with Crippen LogP contribution in [0.1, 0.15) is 25.0 Å². The molecule has 0 fully saturated rings. The molecule has 0 bridgehead atoms. The number of nitriles is 1.